The lowest BCUT2D eigenvalue weighted by atomic mass is 10.1. The molecule has 10 heteroatoms. The molecule has 9 nitrogen and oxygen atoms in total. The zero-order valence-electron chi connectivity index (χ0n) is 17.0. The number of ether oxygens (including phenoxy) is 1. The molecular weight excluding hydrogens is 450 g/mol. The van der Waals surface area contributed by atoms with E-state index in [1.807, 2.05) is 34.9 Å². The second kappa shape index (κ2) is 9.09. The van der Waals surface area contributed by atoms with Crippen LogP contribution in [0.25, 0.3) is 10.9 Å². The lowest BCUT2D eigenvalue weighted by Crippen LogP contribution is -2.06. The zero-order valence-corrected chi connectivity index (χ0v) is 17.8. The highest BCUT2D eigenvalue weighted by Gasteiger charge is 2.19. The highest BCUT2D eigenvalue weighted by Crippen LogP contribution is 2.29. The zero-order chi connectivity index (χ0) is 23.5. The van der Waals surface area contributed by atoms with Gasteiger partial charge in [0.25, 0.3) is 11.4 Å². The van der Waals surface area contributed by atoms with Crippen LogP contribution in [0, 0.1) is 20.2 Å². The standard InChI is InChI=1S/C23H16ClN3O6/c24-20-8-6-16(10-22(20)27(31)32)23(28)33-14-17-13-25(12-15-4-2-1-3-5-15)21-9-7-18(26(29)30)11-19(17)21/h1-11,13H,12,14H2. The van der Waals surface area contributed by atoms with Gasteiger partial charge in [0.1, 0.15) is 11.6 Å². The molecule has 0 aliphatic carbocycles. The van der Waals surface area contributed by atoms with Crippen molar-refractivity contribution in [3.05, 3.63) is 115 Å². The Morgan fingerprint density at radius 1 is 0.970 bits per heavy atom. The van der Waals surface area contributed by atoms with Crippen LogP contribution in [0.5, 0.6) is 0 Å². The summed E-state index contributed by atoms with van der Waals surface area (Å²) in [7, 11) is 0. The Labute approximate surface area is 192 Å². The number of nitro benzene ring substituents is 2. The molecule has 0 radical (unpaired) electrons. The number of carbonyl (C=O) groups excluding carboxylic acids is 1. The first kappa shape index (κ1) is 22.0. The van der Waals surface area contributed by atoms with E-state index < -0.39 is 21.5 Å². The molecule has 0 atom stereocenters. The van der Waals surface area contributed by atoms with Gasteiger partial charge in [0.2, 0.25) is 0 Å². The van der Waals surface area contributed by atoms with E-state index in [1.54, 1.807) is 12.3 Å². The first-order valence-corrected chi connectivity index (χ1v) is 10.1. The number of carbonyl (C=O) groups is 1. The van der Waals surface area contributed by atoms with Gasteiger partial charge in [-0.15, -0.1) is 0 Å². The summed E-state index contributed by atoms with van der Waals surface area (Å²) in [4.78, 5) is 33.7. The van der Waals surface area contributed by atoms with Crippen LogP contribution < -0.4 is 0 Å². The Bertz CT molecular complexity index is 1380. The molecule has 0 saturated carbocycles. The molecule has 0 fully saturated rings. The molecule has 0 bridgehead atoms. The monoisotopic (exact) mass is 465 g/mol. The van der Waals surface area contributed by atoms with Crippen molar-refractivity contribution in [3.63, 3.8) is 0 Å². The van der Waals surface area contributed by atoms with Crippen molar-refractivity contribution in [2.24, 2.45) is 0 Å². The van der Waals surface area contributed by atoms with Crippen molar-refractivity contribution in [1.29, 1.82) is 0 Å². The number of hydrogen-bond donors (Lipinski definition) is 0. The topological polar surface area (TPSA) is 118 Å². The number of nitro groups is 2. The van der Waals surface area contributed by atoms with E-state index in [1.165, 1.54) is 24.3 Å². The number of aromatic nitrogens is 1. The quantitative estimate of drug-likeness (QED) is 0.201. The number of hydrogen-bond acceptors (Lipinski definition) is 6. The molecule has 0 aliphatic rings. The Balaban J connectivity index is 1.64. The van der Waals surface area contributed by atoms with E-state index in [0.717, 1.165) is 17.1 Å². The first-order chi connectivity index (χ1) is 15.8. The molecule has 0 N–H and O–H groups in total. The summed E-state index contributed by atoms with van der Waals surface area (Å²) in [6.45, 7) is 0.348. The molecular formula is C23H16ClN3O6. The van der Waals surface area contributed by atoms with Crippen LogP contribution >= 0.6 is 11.6 Å². The van der Waals surface area contributed by atoms with Gasteiger partial charge < -0.3 is 9.30 Å². The van der Waals surface area contributed by atoms with Crippen LogP contribution in [0.2, 0.25) is 5.02 Å². The molecule has 33 heavy (non-hydrogen) atoms. The number of fused-ring (bicyclic) bond motifs is 1. The average molecular weight is 466 g/mol. The predicted molar refractivity (Wildman–Crippen MR) is 121 cm³/mol. The van der Waals surface area contributed by atoms with Crippen molar-refractivity contribution in [1.82, 2.24) is 4.57 Å². The summed E-state index contributed by atoms with van der Waals surface area (Å²) in [5.74, 6) is -0.774. The second-order valence-electron chi connectivity index (χ2n) is 7.23. The largest absolute Gasteiger partial charge is 0.457 e. The van der Waals surface area contributed by atoms with Gasteiger partial charge in [0.05, 0.1) is 15.4 Å². The van der Waals surface area contributed by atoms with Crippen LogP contribution in [-0.2, 0) is 17.9 Å². The lowest BCUT2D eigenvalue weighted by molar-refractivity contribution is -0.384. The number of esters is 1. The summed E-state index contributed by atoms with van der Waals surface area (Å²) in [6.07, 6.45) is 1.78. The van der Waals surface area contributed by atoms with Crippen molar-refractivity contribution in [2.75, 3.05) is 0 Å². The summed E-state index contributed by atoms with van der Waals surface area (Å²) in [6, 6.07) is 17.8. The molecule has 0 aliphatic heterocycles. The minimum Gasteiger partial charge on any atom is -0.457 e. The average Bonchev–Trinajstić information content (AvgIpc) is 3.14. The summed E-state index contributed by atoms with van der Waals surface area (Å²) < 4.78 is 7.29. The Morgan fingerprint density at radius 3 is 2.42 bits per heavy atom. The van der Waals surface area contributed by atoms with E-state index in [0.29, 0.717) is 17.5 Å². The third kappa shape index (κ3) is 4.68. The molecule has 4 aromatic rings. The Morgan fingerprint density at radius 2 is 1.73 bits per heavy atom. The highest BCUT2D eigenvalue weighted by molar-refractivity contribution is 6.32. The maximum Gasteiger partial charge on any atom is 0.338 e. The van der Waals surface area contributed by atoms with Gasteiger partial charge in [-0.1, -0.05) is 41.9 Å². The summed E-state index contributed by atoms with van der Waals surface area (Å²) in [5, 5.41) is 22.8. The van der Waals surface area contributed by atoms with Crippen molar-refractivity contribution < 1.29 is 19.4 Å². The highest BCUT2D eigenvalue weighted by atomic mass is 35.5. The molecule has 0 amide bonds. The van der Waals surface area contributed by atoms with Gasteiger partial charge in [-0.3, -0.25) is 20.2 Å². The van der Waals surface area contributed by atoms with E-state index in [2.05, 4.69) is 0 Å². The Kier molecular flexibility index (Phi) is 6.05. The number of non-ortho nitro benzene ring substituents is 1. The van der Waals surface area contributed by atoms with E-state index in [4.69, 9.17) is 16.3 Å². The third-order valence-electron chi connectivity index (χ3n) is 5.09. The van der Waals surface area contributed by atoms with Gasteiger partial charge >= 0.3 is 5.97 Å². The van der Waals surface area contributed by atoms with Crippen LogP contribution in [0.4, 0.5) is 11.4 Å². The lowest BCUT2D eigenvalue weighted by Gasteiger charge is -2.05. The van der Waals surface area contributed by atoms with E-state index >= 15 is 0 Å². The van der Waals surface area contributed by atoms with Gasteiger partial charge in [-0.05, 0) is 23.8 Å². The predicted octanol–water partition coefficient (Wildman–Crippen LogP) is 5.52. The molecule has 0 unspecified atom stereocenters. The molecule has 4 rings (SSSR count). The van der Waals surface area contributed by atoms with Gasteiger partial charge in [-0.2, -0.15) is 0 Å². The SMILES string of the molecule is O=C(OCc1cn(Cc2ccccc2)c2ccc([N+](=O)[O-])cc12)c1ccc(Cl)c([N+](=O)[O-])c1. The summed E-state index contributed by atoms with van der Waals surface area (Å²) >= 11 is 5.79. The van der Waals surface area contributed by atoms with Crippen molar-refractivity contribution >= 4 is 39.8 Å². The second-order valence-corrected chi connectivity index (χ2v) is 7.63. The van der Waals surface area contributed by atoms with Gasteiger partial charge in [0, 0.05) is 47.4 Å². The molecule has 0 spiro atoms. The maximum absolute atomic E-state index is 12.5. The minimum absolute atomic E-state index is 0.0231. The number of rotatable bonds is 7. The smallest absolute Gasteiger partial charge is 0.338 e. The first-order valence-electron chi connectivity index (χ1n) is 9.74. The van der Waals surface area contributed by atoms with Gasteiger partial charge in [-0.25, -0.2) is 4.79 Å². The van der Waals surface area contributed by atoms with E-state index in [-0.39, 0.29) is 22.9 Å². The molecule has 1 heterocycles. The van der Waals surface area contributed by atoms with Crippen LogP contribution in [-0.4, -0.2) is 20.4 Å². The van der Waals surface area contributed by atoms with Crippen molar-refractivity contribution in [3.8, 4) is 0 Å². The van der Waals surface area contributed by atoms with E-state index in [9.17, 15) is 25.0 Å². The van der Waals surface area contributed by atoms with Crippen LogP contribution in [0.3, 0.4) is 0 Å². The normalized spacial score (nSPS) is 10.8. The minimum atomic E-state index is -0.774. The number of nitrogens with zero attached hydrogens (tertiary/aromatic N) is 3. The van der Waals surface area contributed by atoms with Crippen molar-refractivity contribution in [2.45, 2.75) is 13.2 Å². The third-order valence-corrected chi connectivity index (χ3v) is 5.41. The fraction of sp³-hybridized carbons (Fsp3) is 0.0870. The molecule has 3 aromatic carbocycles. The maximum atomic E-state index is 12.5. The van der Waals surface area contributed by atoms with Crippen LogP contribution in [0.1, 0.15) is 21.5 Å². The fourth-order valence-corrected chi connectivity index (χ4v) is 3.69. The fourth-order valence-electron chi connectivity index (χ4n) is 3.50. The molecule has 0 saturated heterocycles. The summed E-state index contributed by atoms with van der Waals surface area (Å²) in [5.41, 5.74) is 1.84. The molecule has 1 aromatic heterocycles. The Hall–Kier alpha value is -4.24. The van der Waals surface area contributed by atoms with Crippen LogP contribution in [0.15, 0.2) is 72.9 Å². The van der Waals surface area contributed by atoms with Gasteiger partial charge in [0.15, 0.2) is 0 Å². The number of benzene rings is 3. The molecule has 166 valence electrons. The number of halogens is 1.